The van der Waals surface area contributed by atoms with Gasteiger partial charge in [0.1, 0.15) is 0 Å². The molecule has 3 amide bonds. The van der Waals surface area contributed by atoms with Crippen molar-refractivity contribution in [2.75, 3.05) is 22.1 Å². The summed E-state index contributed by atoms with van der Waals surface area (Å²) < 4.78 is 0. The molecule has 0 fully saturated rings. The van der Waals surface area contributed by atoms with Crippen molar-refractivity contribution >= 4 is 29.0 Å². The molecule has 0 radical (unpaired) electrons. The highest BCUT2D eigenvalue weighted by atomic mass is 16.2. The summed E-state index contributed by atoms with van der Waals surface area (Å²) in [4.78, 5) is 26.7. The van der Waals surface area contributed by atoms with Crippen molar-refractivity contribution in [2.24, 2.45) is 5.92 Å². The van der Waals surface area contributed by atoms with Crippen LogP contribution < -0.4 is 15.5 Å². The molecule has 0 atom stereocenters. The maximum absolute atomic E-state index is 12.4. The third kappa shape index (κ3) is 5.41. The van der Waals surface area contributed by atoms with Crippen molar-refractivity contribution < 1.29 is 9.59 Å². The summed E-state index contributed by atoms with van der Waals surface area (Å²) in [5, 5.41) is 5.79. The molecular weight excluding hydrogens is 374 g/mol. The normalized spacial score (nSPS) is 13.9. The van der Waals surface area contributed by atoms with Crippen LogP contribution in [0.1, 0.15) is 58.6 Å². The first-order valence-corrected chi connectivity index (χ1v) is 10.8. The zero-order chi connectivity index (χ0) is 21.9. The van der Waals surface area contributed by atoms with E-state index in [-0.39, 0.29) is 17.4 Å². The van der Waals surface area contributed by atoms with Gasteiger partial charge in [-0.25, -0.2) is 4.79 Å². The van der Waals surface area contributed by atoms with Gasteiger partial charge in [0.25, 0.3) is 0 Å². The summed E-state index contributed by atoms with van der Waals surface area (Å²) in [6.45, 7) is 11.6. The van der Waals surface area contributed by atoms with Crippen LogP contribution in [-0.4, -0.2) is 18.5 Å². The van der Waals surface area contributed by atoms with Crippen molar-refractivity contribution in [1.82, 2.24) is 0 Å². The summed E-state index contributed by atoms with van der Waals surface area (Å²) in [6, 6.07) is 13.4. The number of hydrogen-bond acceptors (Lipinski definition) is 2. The number of benzene rings is 2. The number of fused-ring (bicyclic) bond motifs is 1. The van der Waals surface area contributed by atoms with Crippen molar-refractivity contribution in [3.05, 3.63) is 53.6 Å². The number of urea groups is 1. The van der Waals surface area contributed by atoms with Crippen LogP contribution in [0.25, 0.3) is 0 Å². The molecule has 3 rings (SSSR count). The van der Waals surface area contributed by atoms with Gasteiger partial charge in [-0.1, -0.05) is 46.8 Å². The largest absolute Gasteiger partial charge is 0.323 e. The maximum Gasteiger partial charge on any atom is 0.323 e. The Morgan fingerprint density at radius 1 is 1.00 bits per heavy atom. The van der Waals surface area contributed by atoms with Crippen LogP contribution in [0.2, 0.25) is 0 Å². The van der Waals surface area contributed by atoms with Crippen molar-refractivity contribution in [2.45, 2.75) is 59.3 Å². The van der Waals surface area contributed by atoms with Crippen molar-refractivity contribution in [3.8, 4) is 0 Å². The Morgan fingerprint density at radius 2 is 1.63 bits per heavy atom. The van der Waals surface area contributed by atoms with E-state index in [1.807, 2.05) is 47.4 Å². The van der Waals surface area contributed by atoms with E-state index < -0.39 is 0 Å². The number of hydrogen-bond donors (Lipinski definition) is 2. The molecule has 1 aliphatic rings. The molecule has 0 spiro atoms. The lowest BCUT2D eigenvalue weighted by atomic mass is 9.87. The van der Waals surface area contributed by atoms with Gasteiger partial charge in [-0.2, -0.15) is 0 Å². The Bertz CT molecular complexity index is 911. The van der Waals surface area contributed by atoms with Crippen molar-refractivity contribution in [1.29, 1.82) is 0 Å². The lowest BCUT2D eigenvalue weighted by molar-refractivity contribution is -0.118. The second kappa shape index (κ2) is 8.90. The molecule has 0 saturated heterocycles. The zero-order valence-corrected chi connectivity index (χ0v) is 18.7. The minimum atomic E-state index is -0.276. The number of aryl methyl sites for hydroxylation is 1. The molecular formula is C25H33N3O2. The van der Waals surface area contributed by atoms with Gasteiger partial charge in [0, 0.05) is 30.0 Å². The fourth-order valence-electron chi connectivity index (χ4n) is 3.62. The third-order valence-corrected chi connectivity index (χ3v) is 5.48. The summed E-state index contributed by atoms with van der Waals surface area (Å²) in [7, 11) is 0. The average molecular weight is 408 g/mol. The number of carbonyl (C=O) groups is 2. The molecule has 30 heavy (non-hydrogen) atoms. The van der Waals surface area contributed by atoms with Gasteiger partial charge in [0.15, 0.2) is 0 Å². The van der Waals surface area contributed by atoms with Gasteiger partial charge in [0.05, 0.1) is 0 Å². The molecule has 0 aliphatic carbocycles. The average Bonchev–Trinajstić information content (AvgIpc) is 2.66. The second-order valence-corrected chi connectivity index (χ2v) is 9.48. The topological polar surface area (TPSA) is 61.4 Å². The fraction of sp³-hybridized carbons (Fsp3) is 0.440. The van der Waals surface area contributed by atoms with Crippen LogP contribution in [-0.2, 0) is 16.6 Å². The molecule has 2 N–H and O–H groups in total. The molecule has 0 unspecified atom stereocenters. The first-order valence-electron chi connectivity index (χ1n) is 10.8. The first-order chi connectivity index (χ1) is 14.1. The lowest BCUT2D eigenvalue weighted by Gasteiger charge is -2.30. The van der Waals surface area contributed by atoms with Gasteiger partial charge in [0.2, 0.25) is 5.91 Å². The van der Waals surface area contributed by atoms with E-state index in [0.29, 0.717) is 18.8 Å². The van der Waals surface area contributed by atoms with Crippen LogP contribution in [0, 0.1) is 5.92 Å². The van der Waals surface area contributed by atoms with Gasteiger partial charge in [-0.05, 0) is 65.6 Å². The van der Waals surface area contributed by atoms with E-state index in [0.717, 1.165) is 35.6 Å². The van der Waals surface area contributed by atoms with Crippen LogP contribution in [0.5, 0.6) is 0 Å². The molecule has 1 aliphatic heterocycles. The number of nitrogens with one attached hydrogen (secondary N) is 2. The molecule has 2 aromatic rings. The molecule has 2 aromatic carbocycles. The predicted molar refractivity (Wildman–Crippen MR) is 124 cm³/mol. The predicted octanol–water partition coefficient (Wildman–Crippen LogP) is 5.95. The summed E-state index contributed by atoms with van der Waals surface area (Å²) in [5.74, 6) is 0.727. The van der Waals surface area contributed by atoms with E-state index in [9.17, 15) is 9.59 Å². The second-order valence-electron chi connectivity index (χ2n) is 9.48. The zero-order valence-electron chi connectivity index (χ0n) is 18.7. The van der Waals surface area contributed by atoms with E-state index in [2.05, 4.69) is 45.3 Å². The minimum absolute atomic E-state index is 0.0777. The Hall–Kier alpha value is -2.82. The Morgan fingerprint density at radius 3 is 2.27 bits per heavy atom. The Labute approximate surface area is 179 Å². The SMILES string of the molecule is CC(C)CCN1C(=O)CCc2cc(NC(=O)Nc3ccc(C(C)(C)C)cc3)ccc21. The van der Waals surface area contributed by atoms with E-state index in [1.54, 1.807) is 0 Å². The number of anilines is 3. The van der Waals surface area contributed by atoms with E-state index in [4.69, 9.17) is 0 Å². The number of nitrogens with zero attached hydrogens (tertiary/aromatic N) is 1. The highest BCUT2D eigenvalue weighted by Crippen LogP contribution is 2.31. The molecule has 0 bridgehead atoms. The Balaban J connectivity index is 1.66. The van der Waals surface area contributed by atoms with Crippen LogP contribution in [0.4, 0.5) is 21.9 Å². The number of amides is 3. The minimum Gasteiger partial charge on any atom is -0.312 e. The fourth-order valence-corrected chi connectivity index (χ4v) is 3.62. The molecule has 0 saturated carbocycles. The molecule has 5 heteroatoms. The quantitative estimate of drug-likeness (QED) is 0.643. The number of rotatable bonds is 5. The monoisotopic (exact) mass is 407 g/mol. The molecule has 1 heterocycles. The standard InChI is InChI=1S/C25H33N3O2/c1-17(2)14-15-28-22-12-11-21(16-18(22)6-13-23(28)29)27-24(30)26-20-9-7-19(8-10-20)25(3,4)5/h7-12,16-17H,6,13-15H2,1-5H3,(H2,26,27,30). The molecule has 160 valence electrons. The van der Waals surface area contributed by atoms with Crippen LogP contribution >= 0.6 is 0 Å². The summed E-state index contributed by atoms with van der Waals surface area (Å²) in [5.41, 5.74) is 4.86. The highest BCUT2D eigenvalue weighted by molar-refractivity contribution is 6.01. The van der Waals surface area contributed by atoms with Gasteiger partial charge in [-0.3, -0.25) is 4.79 Å². The first kappa shape index (κ1) is 21.9. The highest BCUT2D eigenvalue weighted by Gasteiger charge is 2.24. The van der Waals surface area contributed by atoms with Gasteiger partial charge >= 0.3 is 6.03 Å². The summed E-state index contributed by atoms with van der Waals surface area (Å²) in [6.07, 6.45) is 2.19. The molecule has 5 nitrogen and oxygen atoms in total. The Kier molecular flexibility index (Phi) is 6.49. The number of carbonyl (C=O) groups excluding carboxylic acids is 2. The van der Waals surface area contributed by atoms with Gasteiger partial charge < -0.3 is 15.5 Å². The lowest BCUT2D eigenvalue weighted by Crippen LogP contribution is -2.36. The maximum atomic E-state index is 12.4. The van der Waals surface area contributed by atoms with Gasteiger partial charge in [-0.15, -0.1) is 0 Å². The third-order valence-electron chi connectivity index (χ3n) is 5.48. The molecule has 0 aromatic heterocycles. The van der Waals surface area contributed by atoms with Crippen LogP contribution in [0.3, 0.4) is 0 Å². The van der Waals surface area contributed by atoms with Crippen LogP contribution in [0.15, 0.2) is 42.5 Å². The van der Waals surface area contributed by atoms with E-state index in [1.165, 1.54) is 5.56 Å². The summed E-state index contributed by atoms with van der Waals surface area (Å²) >= 11 is 0. The van der Waals surface area contributed by atoms with Crippen molar-refractivity contribution in [3.63, 3.8) is 0 Å². The smallest absolute Gasteiger partial charge is 0.312 e. The van der Waals surface area contributed by atoms with E-state index >= 15 is 0 Å².